The molecule has 32 heavy (non-hydrogen) atoms. The Morgan fingerprint density at radius 2 is 1.75 bits per heavy atom. The molecule has 0 saturated heterocycles. The van der Waals surface area contributed by atoms with Crippen LogP contribution in [0.1, 0.15) is 5.56 Å². The normalized spacial score (nSPS) is 11.5. The van der Waals surface area contributed by atoms with E-state index in [9.17, 15) is 13.5 Å². The van der Waals surface area contributed by atoms with E-state index in [1.165, 1.54) is 24.3 Å². The van der Waals surface area contributed by atoms with Gasteiger partial charge in [0.1, 0.15) is 17.3 Å². The van der Waals surface area contributed by atoms with Crippen molar-refractivity contribution in [2.45, 2.75) is 4.90 Å². The second kappa shape index (κ2) is 10.3. The molecule has 0 aliphatic carbocycles. The predicted molar refractivity (Wildman–Crippen MR) is 131 cm³/mol. The van der Waals surface area contributed by atoms with Gasteiger partial charge in [-0.15, -0.1) is 0 Å². The molecule has 10 heteroatoms. The fourth-order valence-electron chi connectivity index (χ4n) is 2.72. The van der Waals surface area contributed by atoms with Crippen molar-refractivity contribution in [1.29, 1.82) is 0 Å². The van der Waals surface area contributed by atoms with E-state index < -0.39 is 15.8 Å². The third-order valence-corrected chi connectivity index (χ3v) is 6.38. The quantitative estimate of drug-likeness (QED) is 0.334. The summed E-state index contributed by atoms with van der Waals surface area (Å²) in [7, 11) is -4.11. The van der Waals surface area contributed by atoms with Crippen LogP contribution in [0, 0.1) is 0 Å². The number of phenols is 1. The highest BCUT2D eigenvalue weighted by atomic mass is 35.5. The number of hydrogen-bond acceptors (Lipinski definition) is 5. The Morgan fingerprint density at radius 1 is 1.06 bits per heavy atom. The molecule has 2 N–H and O–H groups in total. The molecule has 3 aromatic rings. The summed E-state index contributed by atoms with van der Waals surface area (Å²) < 4.78 is 33.1. The average Bonchev–Trinajstić information content (AvgIpc) is 2.72. The number of benzene rings is 3. The van der Waals surface area contributed by atoms with Gasteiger partial charge in [-0.3, -0.25) is 9.71 Å². The number of anilines is 1. The molecule has 0 spiro atoms. The van der Waals surface area contributed by atoms with Crippen LogP contribution in [-0.2, 0) is 10.0 Å². The first kappa shape index (κ1) is 23.9. The van der Waals surface area contributed by atoms with E-state index in [0.717, 1.165) is 17.3 Å². The van der Waals surface area contributed by atoms with Gasteiger partial charge in [0.2, 0.25) is 0 Å². The largest absolute Gasteiger partial charge is 0.506 e. The zero-order chi connectivity index (χ0) is 23.3. The molecule has 0 atom stereocenters. The standard InChI is InChI=1S/C22H17Cl3N2O4S/c1-2-14-5-3-4-6-19(14)26-9-10-31-22-17(24)12-16(13-18(22)25)27-32(29,30)21-8-7-15(23)11-20(21)28/h2-9,11-13,27-28H,1,10H2. The van der Waals surface area contributed by atoms with E-state index in [-0.39, 0.29) is 38.0 Å². The maximum absolute atomic E-state index is 12.6. The second-order valence-corrected chi connectivity index (χ2v) is 9.27. The minimum Gasteiger partial charge on any atom is -0.506 e. The molecule has 0 amide bonds. The Balaban J connectivity index is 1.73. The van der Waals surface area contributed by atoms with Crippen molar-refractivity contribution in [3.8, 4) is 11.5 Å². The summed E-state index contributed by atoms with van der Waals surface area (Å²) >= 11 is 18.2. The van der Waals surface area contributed by atoms with Gasteiger partial charge in [0.25, 0.3) is 10.0 Å². The SMILES string of the molecule is C=Cc1ccccc1N=CCOc1c(Cl)cc(NS(=O)(=O)c2ccc(Cl)cc2O)cc1Cl. The fraction of sp³-hybridized carbons (Fsp3) is 0.0455. The van der Waals surface area contributed by atoms with Crippen molar-refractivity contribution >= 4 is 68.5 Å². The van der Waals surface area contributed by atoms with Crippen molar-refractivity contribution in [3.63, 3.8) is 0 Å². The lowest BCUT2D eigenvalue weighted by Gasteiger charge is -2.13. The Kier molecular flexibility index (Phi) is 7.69. The van der Waals surface area contributed by atoms with E-state index in [1.54, 1.807) is 12.3 Å². The second-order valence-electron chi connectivity index (χ2n) is 6.37. The average molecular weight is 512 g/mol. The molecular weight excluding hydrogens is 495 g/mol. The van der Waals surface area contributed by atoms with Crippen LogP contribution >= 0.6 is 34.8 Å². The number of halogens is 3. The third-order valence-electron chi connectivity index (χ3n) is 4.15. The van der Waals surface area contributed by atoms with Crippen LogP contribution in [0.3, 0.4) is 0 Å². The molecule has 0 unspecified atom stereocenters. The molecule has 0 bridgehead atoms. The molecule has 0 heterocycles. The Morgan fingerprint density at radius 3 is 2.41 bits per heavy atom. The van der Waals surface area contributed by atoms with Gasteiger partial charge < -0.3 is 9.84 Å². The van der Waals surface area contributed by atoms with Crippen molar-refractivity contribution in [1.82, 2.24) is 0 Å². The predicted octanol–water partition coefficient (Wildman–Crippen LogP) is 6.58. The first-order valence-electron chi connectivity index (χ1n) is 9.08. The number of nitrogens with zero attached hydrogens (tertiary/aromatic N) is 1. The summed E-state index contributed by atoms with van der Waals surface area (Å²) in [6.45, 7) is 3.82. The first-order chi connectivity index (χ1) is 15.2. The smallest absolute Gasteiger partial charge is 0.265 e. The topological polar surface area (TPSA) is 88.0 Å². The van der Waals surface area contributed by atoms with Gasteiger partial charge in [-0.2, -0.15) is 0 Å². The number of aliphatic imine (C=N–C) groups is 1. The minimum absolute atomic E-state index is 0.0780. The van der Waals surface area contributed by atoms with Crippen LogP contribution in [0.25, 0.3) is 6.08 Å². The van der Waals surface area contributed by atoms with Crippen LogP contribution < -0.4 is 9.46 Å². The zero-order valence-electron chi connectivity index (χ0n) is 16.4. The summed E-state index contributed by atoms with van der Waals surface area (Å²) in [5.41, 5.74) is 1.71. The molecule has 3 rings (SSSR count). The molecular formula is C22H17Cl3N2O4S. The lowest BCUT2D eigenvalue weighted by molar-refractivity contribution is 0.381. The van der Waals surface area contributed by atoms with Crippen molar-refractivity contribution in [2.24, 2.45) is 4.99 Å². The molecule has 0 fully saturated rings. The molecule has 166 valence electrons. The molecule has 0 radical (unpaired) electrons. The number of aromatic hydroxyl groups is 1. The lowest BCUT2D eigenvalue weighted by atomic mass is 10.2. The van der Waals surface area contributed by atoms with Crippen LogP contribution in [0.2, 0.25) is 15.1 Å². The van der Waals surface area contributed by atoms with Crippen molar-refractivity contribution < 1.29 is 18.3 Å². The van der Waals surface area contributed by atoms with Gasteiger partial charge >= 0.3 is 0 Å². The highest BCUT2D eigenvalue weighted by molar-refractivity contribution is 7.92. The van der Waals surface area contributed by atoms with Crippen LogP contribution in [0.15, 0.2) is 71.1 Å². The summed E-state index contributed by atoms with van der Waals surface area (Å²) in [5, 5.41) is 10.3. The van der Waals surface area contributed by atoms with Gasteiger partial charge in [0.15, 0.2) is 5.75 Å². The van der Waals surface area contributed by atoms with E-state index in [4.69, 9.17) is 39.5 Å². The first-order valence-corrected chi connectivity index (χ1v) is 11.7. The number of hydrogen-bond donors (Lipinski definition) is 2. The minimum atomic E-state index is -4.11. The highest BCUT2D eigenvalue weighted by Crippen LogP contribution is 2.37. The lowest BCUT2D eigenvalue weighted by Crippen LogP contribution is -2.13. The Hall–Kier alpha value is -2.71. The summed E-state index contributed by atoms with van der Waals surface area (Å²) in [4.78, 5) is 3.99. The Bertz CT molecular complexity index is 1270. The molecule has 0 aromatic heterocycles. The molecule has 0 saturated carbocycles. The number of phenolic OH excluding ortho intramolecular Hbond substituents is 1. The number of para-hydroxylation sites is 1. The maximum Gasteiger partial charge on any atom is 0.265 e. The van der Waals surface area contributed by atoms with E-state index in [2.05, 4.69) is 16.3 Å². The van der Waals surface area contributed by atoms with Crippen LogP contribution in [0.5, 0.6) is 11.5 Å². The molecule has 0 aliphatic rings. The number of sulfonamides is 1. The van der Waals surface area contributed by atoms with Crippen molar-refractivity contribution in [3.05, 3.63) is 81.8 Å². The Labute approximate surface area is 200 Å². The highest BCUT2D eigenvalue weighted by Gasteiger charge is 2.20. The number of ether oxygens (including phenoxy) is 1. The van der Waals surface area contributed by atoms with Gasteiger partial charge in [-0.25, -0.2) is 8.42 Å². The van der Waals surface area contributed by atoms with E-state index >= 15 is 0 Å². The summed E-state index contributed by atoms with van der Waals surface area (Å²) in [6.07, 6.45) is 3.25. The van der Waals surface area contributed by atoms with Gasteiger partial charge in [0.05, 0.1) is 21.4 Å². The maximum atomic E-state index is 12.6. The molecule has 3 aromatic carbocycles. The van der Waals surface area contributed by atoms with Gasteiger partial charge in [-0.1, -0.05) is 65.7 Å². The van der Waals surface area contributed by atoms with Crippen LogP contribution in [-0.4, -0.2) is 26.3 Å². The molecule has 6 nitrogen and oxygen atoms in total. The summed E-state index contributed by atoms with van der Waals surface area (Å²) in [6, 6.07) is 13.8. The third kappa shape index (κ3) is 5.75. The number of nitrogens with one attached hydrogen (secondary N) is 1. The number of rotatable bonds is 8. The zero-order valence-corrected chi connectivity index (χ0v) is 19.5. The monoisotopic (exact) mass is 510 g/mol. The van der Waals surface area contributed by atoms with Gasteiger partial charge in [-0.05, 0) is 42.0 Å². The van der Waals surface area contributed by atoms with E-state index in [1.807, 2.05) is 24.3 Å². The van der Waals surface area contributed by atoms with Crippen molar-refractivity contribution in [2.75, 3.05) is 11.3 Å². The summed E-state index contributed by atoms with van der Waals surface area (Å²) in [5.74, 6) is -0.312. The fourth-order valence-corrected chi connectivity index (χ4v) is 4.60. The van der Waals surface area contributed by atoms with Crippen LogP contribution in [0.4, 0.5) is 11.4 Å². The van der Waals surface area contributed by atoms with Gasteiger partial charge in [0, 0.05) is 11.2 Å². The molecule has 0 aliphatic heterocycles. The van der Waals surface area contributed by atoms with E-state index in [0.29, 0.717) is 0 Å².